The van der Waals surface area contributed by atoms with Gasteiger partial charge in [0, 0.05) is 34.4 Å². The Hall–Kier alpha value is -5.47. The Kier molecular flexibility index (Phi) is 7.09. The van der Waals surface area contributed by atoms with Crippen molar-refractivity contribution >= 4 is 32.9 Å². The van der Waals surface area contributed by atoms with Crippen LogP contribution in [0.15, 0.2) is 100 Å². The normalized spacial score (nSPS) is 21.5. The summed E-state index contributed by atoms with van der Waals surface area (Å²) in [6.07, 6.45) is -7.13. The number of aliphatic hydroxyl groups excluding tert-OH is 3. The highest BCUT2D eigenvalue weighted by atomic mass is 16.7. The molecule has 5 atom stereocenters. The van der Waals surface area contributed by atoms with Gasteiger partial charge < -0.3 is 47.9 Å². The van der Waals surface area contributed by atoms with E-state index in [-0.39, 0.29) is 56.3 Å². The maximum Gasteiger partial charge on any atom is 0.379 e. The molecule has 0 amide bonds. The maximum absolute atomic E-state index is 13.3. The first-order valence-corrected chi connectivity index (χ1v) is 14.0. The van der Waals surface area contributed by atoms with Gasteiger partial charge in [-0.15, -0.1) is 0 Å². The number of aliphatic hydroxyl groups is 3. The molecule has 3 aromatic carbocycles. The molecule has 1 saturated heterocycles. The minimum absolute atomic E-state index is 0.0462. The standard InChI is InChI=1S/C33H24O13/c1-14-27(37)28(38)29(39)33(41-14)44-20-9-4-17-12-22(42-18-7-2-15-5-10-23(35)43-21(15)13-18)32(40)46-31(17)26(20)25-19(34)8-3-16-6-11-24(36)45-30(16)25/h2-14,27-29,33-34,37-39H,1H3/t14-,27-,28+,29+,33-/m0/s1. The van der Waals surface area contributed by atoms with Gasteiger partial charge in [0.2, 0.25) is 12.0 Å². The second kappa shape index (κ2) is 11.2. The quantitative estimate of drug-likeness (QED) is 0.203. The molecular formula is C33H24O13. The lowest BCUT2D eigenvalue weighted by Crippen LogP contribution is -2.58. The van der Waals surface area contributed by atoms with Crippen LogP contribution in [0.2, 0.25) is 0 Å². The molecule has 13 nitrogen and oxygen atoms in total. The lowest BCUT2D eigenvalue weighted by atomic mass is 9.97. The van der Waals surface area contributed by atoms with Gasteiger partial charge in [-0.25, -0.2) is 14.4 Å². The van der Waals surface area contributed by atoms with Gasteiger partial charge in [-0.1, -0.05) is 0 Å². The van der Waals surface area contributed by atoms with Gasteiger partial charge in [0.25, 0.3) is 0 Å². The molecule has 13 heteroatoms. The van der Waals surface area contributed by atoms with Crippen molar-refractivity contribution in [3.63, 3.8) is 0 Å². The van der Waals surface area contributed by atoms with Crippen LogP contribution < -0.4 is 26.4 Å². The largest absolute Gasteiger partial charge is 0.507 e. The lowest BCUT2D eigenvalue weighted by Gasteiger charge is -2.39. The smallest absolute Gasteiger partial charge is 0.379 e. The van der Waals surface area contributed by atoms with E-state index in [1.54, 1.807) is 18.2 Å². The second-order valence-corrected chi connectivity index (χ2v) is 10.7. The fourth-order valence-corrected chi connectivity index (χ4v) is 5.38. The topological polar surface area (TPSA) is 199 Å². The van der Waals surface area contributed by atoms with Crippen molar-refractivity contribution in [2.45, 2.75) is 37.6 Å². The van der Waals surface area contributed by atoms with Crippen LogP contribution in [0, 0.1) is 0 Å². The number of fused-ring (bicyclic) bond motifs is 3. The third-order valence-corrected chi connectivity index (χ3v) is 7.72. The molecule has 1 fully saturated rings. The van der Waals surface area contributed by atoms with Gasteiger partial charge in [-0.2, -0.15) is 0 Å². The van der Waals surface area contributed by atoms with E-state index in [9.17, 15) is 34.8 Å². The molecule has 6 aromatic rings. The summed E-state index contributed by atoms with van der Waals surface area (Å²) in [7, 11) is 0. The monoisotopic (exact) mass is 628 g/mol. The predicted molar refractivity (Wildman–Crippen MR) is 161 cm³/mol. The Bertz CT molecular complexity index is 2320. The van der Waals surface area contributed by atoms with Crippen molar-refractivity contribution in [1.29, 1.82) is 0 Å². The summed E-state index contributed by atoms with van der Waals surface area (Å²) in [5, 5.41) is 43.6. The average molecular weight is 629 g/mol. The highest BCUT2D eigenvalue weighted by Crippen LogP contribution is 2.45. The van der Waals surface area contributed by atoms with Crippen LogP contribution in [0.5, 0.6) is 23.0 Å². The first kappa shape index (κ1) is 29.3. The van der Waals surface area contributed by atoms with E-state index in [1.165, 1.54) is 61.5 Å². The van der Waals surface area contributed by atoms with Gasteiger partial charge in [0.05, 0.1) is 17.2 Å². The third-order valence-electron chi connectivity index (χ3n) is 7.72. The number of phenols is 1. The molecule has 0 saturated carbocycles. The van der Waals surface area contributed by atoms with Crippen molar-refractivity contribution in [2.75, 3.05) is 0 Å². The van der Waals surface area contributed by atoms with Gasteiger partial charge >= 0.3 is 16.9 Å². The van der Waals surface area contributed by atoms with Crippen LogP contribution in [-0.4, -0.2) is 51.1 Å². The first-order chi connectivity index (χ1) is 22.1. The van der Waals surface area contributed by atoms with E-state index in [4.69, 9.17) is 27.5 Å². The lowest BCUT2D eigenvalue weighted by molar-refractivity contribution is -0.268. The van der Waals surface area contributed by atoms with Gasteiger partial charge in [0.1, 0.15) is 46.7 Å². The number of phenolic OH excluding ortho intramolecular Hbond substituents is 1. The zero-order valence-corrected chi connectivity index (χ0v) is 23.8. The Morgan fingerprint density at radius 3 is 2.13 bits per heavy atom. The van der Waals surface area contributed by atoms with Gasteiger partial charge in [-0.3, -0.25) is 0 Å². The summed E-state index contributed by atoms with van der Waals surface area (Å²) in [6, 6.07) is 17.4. The summed E-state index contributed by atoms with van der Waals surface area (Å²) in [4.78, 5) is 37.3. The molecule has 1 aliphatic rings. The Morgan fingerprint density at radius 1 is 0.652 bits per heavy atom. The Balaban J connectivity index is 1.40. The molecule has 1 aliphatic heterocycles. The van der Waals surface area contributed by atoms with Crippen LogP contribution in [0.25, 0.3) is 44.0 Å². The second-order valence-electron chi connectivity index (χ2n) is 10.7. The van der Waals surface area contributed by atoms with Crippen LogP contribution in [0.1, 0.15) is 6.92 Å². The molecule has 0 spiro atoms. The van der Waals surface area contributed by atoms with E-state index in [0.29, 0.717) is 10.8 Å². The van der Waals surface area contributed by atoms with Crippen molar-refractivity contribution in [3.05, 3.63) is 104 Å². The maximum atomic E-state index is 13.3. The zero-order valence-electron chi connectivity index (χ0n) is 23.8. The molecule has 7 rings (SSSR count). The van der Waals surface area contributed by atoms with Crippen molar-refractivity contribution in [2.24, 2.45) is 0 Å². The third kappa shape index (κ3) is 5.06. The van der Waals surface area contributed by atoms with E-state index < -0.39 is 47.6 Å². The molecule has 234 valence electrons. The molecule has 4 N–H and O–H groups in total. The van der Waals surface area contributed by atoms with E-state index in [2.05, 4.69) is 0 Å². The number of benzene rings is 3. The predicted octanol–water partition coefficient (Wildman–Crippen LogP) is 3.38. The molecule has 4 heterocycles. The molecule has 0 aliphatic carbocycles. The molecule has 3 aromatic heterocycles. The first-order valence-electron chi connectivity index (χ1n) is 14.0. The highest BCUT2D eigenvalue weighted by molar-refractivity contribution is 6.05. The minimum Gasteiger partial charge on any atom is -0.507 e. The van der Waals surface area contributed by atoms with Crippen LogP contribution in [0.4, 0.5) is 0 Å². The average Bonchev–Trinajstić information content (AvgIpc) is 3.03. The Morgan fingerprint density at radius 2 is 1.33 bits per heavy atom. The van der Waals surface area contributed by atoms with Gasteiger partial charge in [-0.05, 0) is 61.5 Å². The molecule has 0 bridgehead atoms. The van der Waals surface area contributed by atoms with Crippen molar-refractivity contribution in [1.82, 2.24) is 0 Å². The number of hydrogen-bond donors (Lipinski definition) is 4. The van der Waals surface area contributed by atoms with E-state index in [1.807, 2.05) is 0 Å². The van der Waals surface area contributed by atoms with Gasteiger partial charge in [0.15, 0.2) is 5.58 Å². The fourth-order valence-electron chi connectivity index (χ4n) is 5.38. The SMILES string of the molecule is C[C@@H]1O[C@@H](Oc2ccc3cc(Oc4ccc5ccc(=O)oc5c4)c(=O)oc3c2-c2c(O)ccc3ccc(=O)oc23)[C@H](O)[C@H](O)[C@H]1O. The molecule has 0 radical (unpaired) electrons. The summed E-state index contributed by atoms with van der Waals surface area (Å²) < 4.78 is 33.8. The number of hydrogen-bond acceptors (Lipinski definition) is 13. The van der Waals surface area contributed by atoms with E-state index in [0.717, 1.165) is 0 Å². The van der Waals surface area contributed by atoms with Crippen LogP contribution in [-0.2, 0) is 4.74 Å². The zero-order chi connectivity index (χ0) is 32.3. The minimum atomic E-state index is -1.69. The Labute approximate surface area is 256 Å². The van der Waals surface area contributed by atoms with Crippen molar-refractivity contribution in [3.8, 4) is 34.1 Å². The molecule has 46 heavy (non-hydrogen) atoms. The summed E-state index contributed by atoms with van der Waals surface area (Å²) in [5.74, 6) is -0.507. The molecular weight excluding hydrogens is 604 g/mol. The molecule has 0 unspecified atom stereocenters. The van der Waals surface area contributed by atoms with Crippen LogP contribution >= 0.6 is 0 Å². The number of aromatic hydroxyl groups is 1. The summed E-state index contributed by atoms with van der Waals surface area (Å²) in [5.41, 5.74) is -2.27. The number of ether oxygens (including phenoxy) is 3. The van der Waals surface area contributed by atoms with Crippen molar-refractivity contribution < 1.29 is 47.9 Å². The summed E-state index contributed by atoms with van der Waals surface area (Å²) in [6.45, 7) is 1.48. The summed E-state index contributed by atoms with van der Waals surface area (Å²) >= 11 is 0. The fraction of sp³-hybridized carbons (Fsp3) is 0.182. The van der Waals surface area contributed by atoms with E-state index >= 15 is 0 Å². The number of rotatable bonds is 5. The van der Waals surface area contributed by atoms with Crippen LogP contribution in [0.3, 0.4) is 0 Å². The highest BCUT2D eigenvalue weighted by Gasteiger charge is 2.43.